The highest BCUT2D eigenvalue weighted by Crippen LogP contribution is 2.39. The van der Waals surface area contributed by atoms with Crippen LogP contribution in [0.1, 0.15) is 36.7 Å². The van der Waals surface area contributed by atoms with E-state index in [1.54, 1.807) is 39.0 Å². The van der Waals surface area contributed by atoms with E-state index in [2.05, 4.69) is 0 Å². The summed E-state index contributed by atoms with van der Waals surface area (Å²) in [5.74, 6) is -2.76. The first-order valence-corrected chi connectivity index (χ1v) is 9.08. The molecule has 0 radical (unpaired) electrons. The Hall–Kier alpha value is -3.15. The van der Waals surface area contributed by atoms with Gasteiger partial charge in [0.05, 0.1) is 12.2 Å². The van der Waals surface area contributed by atoms with Crippen LogP contribution in [0.5, 0.6) is 11.5 Å². The molecule has 0 spiro atoms. The van der Waals surface area contributed by atoms with Crippen molar-refractivity contribution >= 4 is 17.5 Å². The number of fused-ring (bicyclic) bond motifs is 1. The van der Waals surface area contributed by atoms with Crippen LogP contribution in [0.4, 0.5) is 0 Å². The van der Waals surface area contributed by atoms with Gasteiger partial charge in [-0.15, -0.1) is 0 Å². The summed E-state index contributed by atoms with van der Waals surface area (Å²) in [5, 5.41) is 0. The molecule has 6 nitrogen and oxygen atoms in total. The van der Waals surface area contributed by atoms with Gasteiger partial charge < -0.3 is 14.2 Å². The molecule has 0 N–H and O–H groups in total. The molecule has 0 saturated heterocycles. The van der Waals surface area contributed by atoms with Crippen LogP contribution in [0, 0.1) is 5.92 Å². The lowest BCUT2D eigenvalue weighted by Crippen LogP contribution is -2.52. The molecule has 2 aromatic carbocycles. The zero-order valence-electron chi connectivity index (χ0n) is 16.1. The van der Waals surface area contributed by atoms with Gasteiger partial charge in [0, 0.05) is 6.07 Å². The molecule has 1 heterocycles. The summed E-state index contributed by atoms with van der Waals surface area (Å²) < 4.78 is 16.5. The average molecular weight is 382 g/mol. The van der Waals surface area contributed by atoms with Crippen LogP contribution in [0.15, 0.2) is 48.5 Å². The molecule has 0 fully saturated rings. The first-order valence-electron chi connectivity index (χ1n) is 9.08. The summed E-state index contributed by atoms with van der Waals surface area (Å²) in [4.78, 5) is 37.2. The largest absolute Gasteiger partial charge is 0.489 e. The third-order valence-corrected chi connectivity index (χ3v) is 4.54. The number of esters is 1. The van der Waals surface area contributed by atoms with Gasteiger partial charge in [0.2, 0.25) is 0 Å². The van der Waals surface area contributed by atoms with Crippen LogP contribution in [0.2, 0.25) is 0 Å². The highest BCUT2D eigenvalue weighted by atomic mass is 16.5. The van der Waals surface area contributed by atoms with Gasteiger partial charge in [0.15, 0.2) is 5.78 Å². The molecule has 146 valence electrons. The second-order valence-corrected chi connectivity index (χ2v) is 7.02. The van der Waals surface area contributed by atoms with Crippen molar-refractivity contribution < 1.29 is 28.6 Å². The number of hydrogen-bond acceptors (Lipinski definition) is 6. The lowest BCUT2D eigenvalue weighted by Gasteiger charge is -2.37. The van der Waals surface area contributed by atoms with E-state index < -0.39 is 29.1 Å². The molecule has 6 heteroatoms. The minimum absolute atomic E-state index is 0.0610. The fraction of sp³-hybridized carbons (Fsp3) is 0.318. The predicted molar refractivity (Wildman–Crippen MR) is 101 cm³/mol. The van der Waals surface area contributed by atoms with Crippen molar-refractivity contribution in [3.8, 4) is 11.5 Å². The number of hydrogen-bond donors (Lipinski definition) is 0. The number of carbonyl (C=O) groups excluding carboxylic acids is 3. The van der Waals surface area contributed by atoms with Crippen molar-refractivity contribution in [2.24, 2.45) is 5.92 Å². The van der Waals surface area contributed by atoms with E-state index in [0.717, 1.165) is 5.56 Å². The Balaban J connectivity index is 1.83. The molecule has 0 aliphatic carbocycles. The molecule has 0 bridgehead atoms. The van der Waals surface area contributed by atoms with E-state index in [1.165, 1.54) is 0 Å². The lowest BCUT2D eigenvalue weighted by atomic mass is 9.78. The van der Waals surface area contributed by atoms with Crippen LogP contribution in [0.25, 0.3) is 0 Å². The average Bonchev–Trinajstić information content (AvgIpc) is 2.66. The molecule has 1 aliphatic rings. The summed E-state index contributed by atoms with van der Waals surface area (Å²) in [6, 6.07) is 14.5. The monoisotopic (exact) mass is 382 g/mol. The minimum atomic E-state index is -1.25. The second kappa shape index (κ2) is 7.84. The maximum absolute atomic E-state index is 12.9. The molecule has 1 unspecified atom stereocenters. The van der Waals surface area contributed by atoms with Gasteiger partial charge in [-0.25, -0.2) is 4.79 Å². The van der Waals surface area contributed by atoms with E-state index in [4.69, 9.17) is 14.2 Å². The van der Waals surface area contributed by atoms with Crippen molar-refractivity contribution in [1.29, 1.82) is 0 Å². The molecule has 1 atom stereocenters. The van der Waals surface area contributed by atoms with E-state index >= 15 is 0 Å². The quantitative estimate of drug-likeness (QED) is 0.433. The Kier molecular flexibility index (Phi) is 5.49. The molecule has 0 aromatic heterocycles. The Labute approximate surface area is 163 Å². The molecule has 1 aliphatic heterocycles. The highest BCUT2D eigenvalue weighted by Gasteiger charge is 2.50. The molecule has 0 amide bonds. The Morgan fingerprint density at radius 3 is 2.50 bits per heavy atom. The maximum atomic E-state index is 12.9. The number of ketones is 2. The summed E-state index contributed by atoms with van der Waals surface area (Å²) in [6.45, 7) is 5.24. The number of Topliss-reactive ketones (excluding diaryl/α,β-unsaturated/α-hetero) is 2. The third kappa shape index (κ3) is 3.91. The van der Waals surface area contributed by atoms with Crippen LogP contribution in [-0.2, 0) is 20.9 Å². The number of carbonyl (C=O) groups is 3. The van der Waals surface area contributed by atoms with E-state index in [9.17, 15) is 14.4 Å². The van der Waals surface area contributed by atoms with E-state index in [0.29, 0.717) is 18.1 Å². The Morgan fingerprint density at radius 1 is 1.11 bits per heavy atom. The highest BCUT2D eigenvalue weighted by molar-refractivity contribution is 6.40. The summed E-state index contributed by atoms with van der Waals surface area (Å²) in [5.41, 5.74) is 0.0677. The van der Waals surface area contributed by atoms with Gasteiger partial charge in [-0.2, -0.15) is 0 Å². The molecular weight excluding hydrogens is 360 g/mol. The fourth-order valence-electron chi connectivity index (χ4n) is 3.19. The van der Waals surface area contributed by atoms with Crippen LogP contribution < -0.4 is 9.47 Å². The zero-order valence-corrected chi connectivity index (χ0v) is 16.1. The lowest BCUT2D eigenvalue weighted by molar-refractivity contribution is -0.157. The normalized spacial score (nSPS) is 17.2. The third-order valence-electron chi connectivity index (χ3n) is 4.54. The smallest absolute Gasteiger partial charge is 0.375 e. The van der Waals surface area contributed by atoms with Crippen molar-refractivity contribution in [2.75, 3.05) is 6.61 Å². The van der Waals surface area contributed by atoms with E-state index in [-0.39, 0.29) is 12.2 Å². The van der Waals surface area contributed by atoms with E-state index in [1.807, 2.05) is 30.3 Å². The van der Waals surface area contributed by atoms with Crippen molar-refractivity contribution in [2.45, 2.75) is 33.0 Å². The van der Waals surface area contributed by atoms with Gasteiger partial charge in [-0.3, -0.25) is 9.59 Å². The topological polar surface area (TPSA) is 78.9 Å². The molecule has 28 heavy (non-hydrogen) atoms. The van der Waals surface area contributed by atoms with Gasteiger partial charge in [0.25, 0.3) is 5.78 Å². The number of benzene rings is 2. The first-order chi connectivity index (χ1) is 13.3. The van der Waals surface area contributed by atoms with Crippen molar-refractivity contribution in [3.63, 3.8) is 0 Å². The molecule has 3 rings (SSSR count). The van der Waals surface area contributed by atoms with Gasteiger partial charge in [-0.05, 0) is 38.5 Å². The first kappa shape index (κ1) is 19.6. The maximum Gasteiger partial charge on any atom is 0.375 e. The van der Waals surface area contributed by atoms with Gasteiger partial charge >= 0.3 is 5.97 Å². The number of ether oxygens (including phenoxy) is 3. The predicted octanol–water partition coefficient (Wildman–Crippen LogP) is 3.37. The van der Waals surface area contributed by atoms with Crippen molar-refractivity contribution in [1.82, 2.24) is 0 Å². The van der Waals surface area contributed by atoms with Crippen LogP contribution in [0.3, 0.4) is 0 Å². The van der Waals surface area contributed by atoms with Crippen molar-refractivity contribution in [3.05, 3.63) is 59.7 Å². The summed E-state index contributed by atoms with van der Waals surface area (Å²) in [6.07, 6.45) is 0. The Bertz CT molecular complexity index is 900. The summed E-state index contributed by atoms with van der Waals surface area (Å²) >= 11 is 0. The zero-order chi connectivity index (χ0) is 20.3. The molecular formula is C22H22O6. The standard InChI is InChI=1S/C22H22O6/c1-4-26-21(25)20(24)18-19(23)16-11-10-15(12-17(16)28-22(18,2)3)27-13-14-8-6-5-7-9-14/h5-12,18H,4,13H2,1-3H3. The fourth-order valence-corrected chi connectivity index (χ4v) is 3.19. The summed E-state index contributed by atoms with van der Waals surface area (Å²) in [7, 11) is 0. The van der Waals surface area contributed by atoms with Crippen LogP contribution in [-0.4, -0.2) is 29.7 Å². The molecule has 0 saturated carbocycles. The molecule has 2 aromatic rings. The van der Waals surface area contributed by atoms with Gasteiger partial charge in [0.1, 0.15) is 29.6 Å². The van der Waals surface area contributed by atoms with Crippen LogP contribution >= 0.6 is 0 Å². The SMILES string of the molecule is CCOC(=O)C(=O)C1C(=O)c2ccc(OCc3ccccc3)cc2OC1(C)C. The van der Waals surface area contributed by atoms with Gasteiger partial charge in [-0.1, -0.05) is 30.3 Å². The minimum Gasteiger partial charge on any atom is -0.489 e. The Morgan fingerprint density at radius 2 is 1.82 bits per heavy atom. The second-order valence-electron chi connectivity index (χ2n) is 7.02. The number of rotatable bonds is 6.